The van der Waals surface area contributed by atoms with Gasteiger partial charge in [0.25, 0.3) is 5.91 Å². The Morgan fingerprint density at radius 2 is 2.10 bits per heavy atom. The van der Waals surface area contributed by atoms with Crippen LogP contribution in [0.3, 0.4) is 0 Å². The van der Waals surface area contributed by atoms with E-state index in [0.717, 1.165) is 26.1 Å². The fraction of sp³-hybridized carbons (Fsp3) is 0.565. The lowest BCUT2D eigenvalue weighted by atomic mass is 9.85. The first-order chi connectivity index (χ1) is 14.3. The van der Waals surface area contributed by atoms with Gasteiger partial charge in [-0.3, -0.25) is 4.79 Å². The minimum absolute atomic E-state index is 0.205. The molecule has 162 valence electrons. The Morgan fingerprint density at radius 1 is 1.37 bits per heavy atom. The number of fused-ring (bicyclic) bond motifs is 1. The molecule has 1 amide bonds. The summed E-state index contributed by atoms with van der Waals surface area (Å²) < 4.78 is 11.8. The van der Waals surface area contributed by atoms with Gasteiger partial charge in [-0.2, -0.15) is 5.26 Å². The van der Waals surface area contributed by atoms with E-state index >= 15 is 0 Å². The Morgan fingerprint density at radius 3 is 2.77 bits per heavy atom. The second kappa shape index (κ2) is 9.07. The number of nitrogens with zero attached hydrogens (tertiary/aromatic N) is 3. The van der Waals surface area contributed by atoms with Gasteiger partial charge in [0, 0.05) is 18.2 Å². The summed E-state index contributed by atoms with van der Waals surface area (Å²) in [5.74, 6) is 0.980. The van der Waals surface area contributed by atoms with Crippen molar-refractivity contribution in [1.29, 1.82) is 5.26 Å². The van der Waals surface area contributed by atoms with E-state index in [2.05, 4.69) is 24.8 Å². The van der Waals surface area contributed by atoms with E-state index in [-0.39, 0.29) is 12.5 Å². The molecular weight excluding hydrogens is 382 g/mol. The number of carbonyl (C=O) groups is 1. The van der Waals surface area contributed by atoms with Crippen LogP contribution in [0.4, 0.5) is 0 Å². The zero-order valence-corrected chi connectivity index (χ0v) is 18.2. The van der Waals surface area contributed by atoms with E-state index in [9.17, 15) is 15.2 Å². The number of carbonyl (C=O) groups excluding carboxylic acids is 1. The maximum atomic E-state index is 12.8. The predicted octanol–water partition coefficient (Wildman–Crippen LogP) is 2.61. The van der Waals surface area contributed by atoms with E-state index in [4.69, 9.17) is 9.47 Å². The SMILES string of the molecule is CCN(CC)CCCOC1=CC(=O)N([C@H]2c3cc(C#N)ccc3OC(C)(C)[C@@H]2O)C1. The molecule has 0 radical (unpaired) electrons. The highest BCUT2D eigenvalue weighted by Crippen LogP contribution is 2.44. The molecule has 0 bridgehead atoms. The Labute approximate surface area is 178 Å². The second-order valence-electron chi connectivity index (χ2n) is 8.27. The van der Waals surface area contributed by atoms with Gasteiger partial charge in [-0.1, -0.05) is 13.8 Å². The van der Waals surface area contributed by atoms with Gasteiger partial charge in [0.15, 0.2) is 0 Å². The molecule has 0 fully saturated rings. The van der Waals surface area contributed by atoms with Gasteiger partial charge < -0.3 is 24.4 Å². The topological polar surface area (TPSA) is 86.0 Å². The van der Waals surface area contributed by atoms with Gasteiger partial charge in [-0.15, -0.1) is 0 Å². The van der Waals surface area contributed by atoms with Crippen LogP contribution in [0.5, 0.6) is 5.75 Å². The first-order valence-electron chi connectivity index (χ1n) is 10.6. The first kappa shape index (κ1) is 22.1. The third kappa shape index (κ3) is 4.45. The van der Waals surface area contributed by atoms with Crippen LogP contribution in [0.2, 0.25) is 0 Å². The second-order valence-corrected chi connectivity index (χ2v) is 8.27. The smallest absolute Gasteiger partial charge is 0.251 e. The van der Waals surface area contributed by atoms with E-state index in [1.54, 1.807) is 36.9 Å². The highest BCUT2D eigenvalue weighted by molar-refractivity contribution is 5.91. The van der Waals surface area contributed by atoms with E-state index < -0.39 is 17.7 Å². The van der Waals surface area contributed by atoms with Gasteiger partial charge in [0.2, 0.25) is 0 Å². The summed E-state index contributed by atoms with van der Waals surface area (Å²) in [5.41, 5.74) is 0.228. The van der Waals surface area contributed by atoms with Crippen LogP contribution >= 0.6 is 0 Å². The van der Waals surface area contributed by atoms with Crippen LogP contribution in [0.15, 0.2) is 30.0 Å². The highest BCUT2D eigenvalue weighted by atomic mass is 16.5. The van der Waals surface area contributed by atoms with E-state index in [0.29, 0.717) is 29.2 Å². The molecule has 1 aromatic rings. The van der Waals surface area contributed by atoms with Gasteiger partial charge in [0.1, 0.15) is 23.2 Å². The number of benzene rings is 1. The van der Waals surface area contributed by atoms with Crippen molar-refractivity contribution in [2.75, 3.05) is 32.8 Å². The summed E-state index contributed by atoms with van der Waals surface area (Å²) >= 11 is 0. The highest BCUT2D eigenvalue weighted by Gasteiger charge is 2.47. The fourth-order valence-corrected chi connectivity index (χ4v) is 4.04. The maximum absolute atomic E-state index is 12.8. The summed E-state index contributed by atoms with van der Waals surface area (Å²) in [6, 6.07) is 6.60. The minimum atomic E-state index is -0.946. The number of amides is 1. The van der Waals surface area contributed by atoms with Crippen molar-refractivity contribution >= 4 is 5.91 Å². The molecule has 2 aliphatic heterocycles. The molecule has 7 heteroatoms. The van der Waals surface area contributed by atoms with Gasteiger partial charge in [-0.05, 0) is 51.6 Å². The number of aliphatic hydroxyl groups excluding tert-OH is 1. The van der Waals surface area contributed by atoms with Crippen LogP contribution in [0, 0.1) is 11.3 Å². The molecule has 2 heterocycles. The number of hydrogen-bond donors (Lipinski definition) is 1. The van der Waals surface area contributed by atoms with Crippen molar-refractivity contribution in [2.24, 2.45) is 0 Å². The summed E-state index contributed by atoms with van der Waals surface area (Å²) in [5, 5.41) is 20.3. The summed E-state index contributed by atoms with van der Waals surface area (Å²) in [6.07, 6.45) is 1.44. The van der Waals surface area contributed by atoms with Crippen molar-refractivity contribution < 1.29 is 19.4 Å². The van der Waals surface area contributed by atoms with Crippen LogP contribution in [-0.4, -0.2) is 65.3 Å². The molecule has 0 spiro atoms. The molecule has 0 saturated carbocycles. The average Bonchev–Trinajstić information content (AvgIpc) is 3.08. The fourth-order valence-electron chi connectivity index (χ4n) is 4.04. The monoisotopic (exact) mass is 413 g/mol. The molecule has 2 atom stereocenters. The van der Waals surface area contributed by atoms with Crippen molar-refractivity contribution in [3.63, 3.8) is 0 Å². The van der Waals surface area contributed by atoms with Crippen LogP contribution in [-0.2, 0) is 9.53 Å². The maximum Gasteiger partial charge on any atom is 0.251 e. The molecule has 2 aliphatic rings. The molecule has 0 aromatic heterocycles. The predicted molar refractivity (Wildman–Crippen MR) is 113 cm³/mol. The van der Waals surface area contributed by atoms with Gasteiger partial charge in [0.05, 0.1) is 30.8 Å². The summed E-state index contributed by atoms with van der Waals surface area (Å²) in [4.78, 5) is 16.7. The Bertz CT molecular complexity index is 854. The standard InChI is InChI=1S/C23H31N3O4/c1-5-25(6-2)10-7-11-29-17-13-20(27)26(15-17)21-18-12-16(14-24)8-9-19(18)30-23(3,4)22(21)28/h8-9,12-13,21-22,28H,5-7,10-11,15H2,1-4H3/t21-,22+/m0/s1. The number of nitriles is 1. The zero-order chi connectivity index (χ0) is 21.9. The van der Waals surface area contributed by atoms with Crippen LogP contribution in [0.25, 0.3) is 0 Å². The number of rotatable bonds is 8. The lowest BCUT2D eigenvalue weighted by molar-refractivity contribution is -0.137. The van der Waals surface area contributed by atoms with Crippen molar-refractivity contribution in [1.82, 2.24) is 9.80 Å². The molecule has 3 rings (SSSR count). The Balaban J connectivity index is 1.73. The zero-order valence-electron chi connectivity index (χ0n) is 18.2. The van der Waals surface area contributed by atoms with Crippen LogP contribution in [0.1, 0.15) is 51.3 Å². The molecule has 0 aliphatic carbocycles. The lowest BCUT2D eigenvalue weighted by Crippen LogP contribution is -2.54. The van der Waals surface area contributed by atoms with Gasteiger partial charge >= 0.3 is 0 Å². The first-order valence-corrected chi connectivity index (χ1v) is 10.6. The van der Waals surface area contributed by atoms with E-state index in [1.807, 2.05) is 0 Å². The lowest BCUT2D eigenvalue weighted by Gasteiger charge is -2.45. The number of hydrogen-bond acceptors (Lipinski definition) is 6. The Kier molecular flexibility index (Phi) is 6.69. The van der Waals surface area contributed by atoms with Crippen molar-refractivity contribution in [2.45, 2.75) is 51.9 Å². The molecule has 1 aromatic carbocycles. The number of aliphatic hydroxyl groups is 1. The summed E-state index contributed by atoms with van der Waals surface area (Å²) in [7, 11) is 0. The molecule has 30 heavy (non-hydrogen) atoms. The molecule has 0 unspecified atom stereocenters. The van der Waals surface area contributed by atoms with Crippen LogP contribution < -0.4 is 4.74 Å². The number of ether oxygens (including phenoxy) is 2. The molecule has 0 saturated heterocycles. The van der Waals surface area contributed by atoms with Crippen molar-refractivity contribution in [3.8, 4) is 11.8 Å². The molecule has 7 nitrogen and oxygen atoms in total. The molecular formula is C23H31N3O4. The van der Waals surface area contributed by atoms with Crippen molar-refractivity contribution in [3.05, 3.63) is 41.2 Å². The quantitative estimate of drug-likeness (QED) is 0.660. The average molecular weight is 414 g/mol. The van der Waals surface area contributed by atoms with Gasteiger partial charge in [-0.25, -0.2) is 0 Å². The normalized spacial score (nSPS) is 22.4. The largest absolute Gasteiger partial charge is 0.496 e. The third-order valence-electron chi connectivity index (χ3n) is 5.87. The molecule has 1 N–H and O–H groups in total. The third-order valence-corrected chi connectivity index (χ3v) is 5.87. The summed E-state index contributed by atoms with van der Waals surface area (Å²) in [6.45, 7) is 11.7. The minimum Gasteiger partial charge on any atom is -0.496 e. The van der Waals surface area contributed by atoms with E-state index in [1.165, 1.54) is 6.08 Å². The Hall–Kier alpha value is -2.56.